The summed E-state index contributed by atoms with van der Waals surface area (Å²) >= 11 is 0. The summed E-state index contributed by atoms with van der Waals surface area (Å²) in [5.74, 6) is 0.878. The van der Waals surface area contributed by atoms with E-state index in [0.29, 0.717) is 18.1 Å². The Balaban J connectivity index is 1.98. The lowest BCUT2D eigenvalue weighted by Crippen LogP contribution is -2.46. The minimum atomic E-state index is -0.688. The van der Waals surface area contributed by atoms with Crippen LogP contribution in [0.2, 0.25) is 0 Å². The van der Waals surface area contributed by atoms with E-state index in [1.165, 1.54) is 6.20 Å². The molecule has 0 aromatic carbocycles. The van der Waals surface area contributed by atoms with Crippen LogP contribution in [0.1, 0.15) is 61.0 Å². The Kier molecular flexibility index (Phi) is 6.74. The van der Waals surface area contributed by atoms with Crippen molar-refractivity contribution in [2.75, 3.05) is 6.61 Å². The highest BCUT2D eigenvalue weighted by Crippen LogP contribution is 2.18. The predicted octanol–water partition coefficient (Wildman–Crippen LogP) is 2.80. The molecule has 7 heteroatoms. The Morgan fingerprint density at radius 1 is 1.38 bits per heavy atom. The van der Waals surface area contributed by atoms with E-state index in [9.17, 15) is 9.90 Å². The lowest BCUT2D eigenvalue weighted by atomic mass is 10.1. The van der Waals surface area contributed by atoms with Crippen LogP contribution >= 0.6 is 0 Å². The summed E-state index contributed by atoms with van der Waals surface area (Å²) < 4.78 is 11.0. The van der Waals surface area contributed by atoms with Crippen LogP contribution in [0, 0.1) is 6.92 Å². The minimum Gasteiger partial charge on any atom is -0.473 e. The van der Waals surface area contributed by atoms with Gasteiger partial charge in [-0.05, 0) is 39.7 Å². The number of unbranched alkanes of at least 4 members (excludes halogenated alkanes) is 1. The molecule has 0 radical (unpaired) electrons. The van der Waals surface area contributed by atoms with Gasteiger partial charge in [0.25, 0.3) is 5.91 Å². The van der Waals surface area contributed by atoms with Gasteiger partial charge >= 0.3 is 0 Å². The van der Waals surface area contributed by atoms with E-state index in [-0.39, 0.29) is 12.5 Å². The zero-order valence-electron chi connectivity index (χ0n) is 15.8. The summed E-state index contributed by atoms with van der Waals surface area (Å²) in [4.78, 5) is 16.3. The molecule has 0 unspecified atom stereocenters. The van der Waals surface area contributed by atoms with E-state index in [2.05, 4.69) is 22.4 Å². The molecule has 2 heterocycles. The lowest BCUT2D eigenvalue weighted by molar-refractivity contribution is 0.0869. The molecule has 2 aromatic rings. The van der Waals surface area contributed by atoms with Gasteiger partial charge < -0.3 is 19.7 Å². The van der Waals surface area contributed by atoms with Crippen molar-refractivity contribution < 1.29 is 19.2 Å². The molecule has 2 rings (SSSR count). The van der Waals surface area contributed by atoms with Crippen LogP contribution in [-0.4, -0.2) is 33.3 Å². The Bertz CT molecular complexity index is 723. The fraction of sp³-hybridized carbons (Fsp3) is 0.526. The first-order valence-corrected chi connectivity index (χ1v) is 8.82. The van der Waals surface area contributed by atoms with Gasteiger partial charge in [-0.1, -0.05) is 18.5 Å². The number of aliphatic hydroxyl groups excluding tert-OH is 1. The van der Waals surface area contributed by atoms with Crippen molar-refractivity contribution in [2.24, 2.45) is 0 Å². The lowest BCUT2D eigenvalue weighted by Gasteiger charge is -2.23. The maximum atomic E-state index is 12.1. The normalized spacial score (nSPS) is 11.4. The van der Waals surface area contributed by atoms with E-state index >= 15 is 0 Å². The molecule has 0 saturated heterocycles. The van der Waals surface area contributed by atoms with Gasteiger partial charge in [-0.3, -0.25) is 4.79 Å². The number of aryl methyl sites for hydroxylation is 2. The van der Waals surface area contributed by atoms with Crippen molar-refractivity contribution in [2.45, 2.75) is 59.1 Å². The van der Waals surface area contributed by atoms with Crippen LogP contribution < -0.4 is 10.1 Å². The number of hydrogen-bond donors (Lipinski definition) is 2. The van der Waals surface area contributed by atoms with Crippen molar-refractivity contribution in [1.82, 2.24) is 15.5 Å². The number of rotatable bonds is 9. The first kappa shape index (κ1) is 19.9. The standard InChI is InChI=1S/C19H27N3O4/c1-5-6-7-16-15(13(2)26-22-16)11-25-17-9-8-14(10-20-17)18(24)21-19(3,4)12-23/h8-10,23H,5-7,11-12H2,1-4H3,(H,21,24). The second-order valence-electron chi connectivity index (χ2n) is 6.94. The molecular weight excluding hydrogens is 334 g/mol. The molecule has 0 aliphatic rings. The van der Waals surface area contributed by atoms with Gasteiger partial charge in [0.05, 0.1) is 29.0 Å². The molecule has 0 aliphatic heterocycles. The van der Waals surface area contributed by atoms with E-state index in [4.69, 9.17) is 9.26 Å². The van der Waals surface area contributed by atoms with Gasteiger partial charge in [0, 0.05) is 12.3 Å². The fourth-order valence-electron chi connectivity index (χ4n) is 2.33. The molecule has 0 aliphatic carbocycles. The van der Waals surface area contributed by atoms with Gasteiger partial charge in [0.1, 0.15) is 12.4 Å². The number of nitrogens with one attached hydrogen (secondary N) is 1. The number of carbonyl (C=O) groups excluding carboxylic acids is 1. The van der Waals surface area contributed by atoms with Gasteiger partial charge in [-0.25, -0.2) is 4.98 Å². The zero-order chi connectivity index (χ0) is 19.2. The Labute approximate surface area is 153 Å². The summed E-state index contributed by atoms with van der Waals surface area (Å²) in [6.45, 7) is 7.66. The average Bonchev–Trinajstić information content (AvgIpc) is 2.98. The van der Waals surface area contributed by atoms with E-state index in [0.717, 1.165) is 36.3 Å². The molecule has 0 spiro atoms. The highest BCUT2D eigenvalue weighted by atomic mass is 16.5. The third-order valence-corrected chi connectivity index (χ3v) is 4.04. The second kappa shape index (κ2) is 8.80. The Hall–Kier alpha value is -2.41. The second-order valence-corrected chi connectivity index (χ2v) is 6.94. The number of nitrogens with zero attached hydrogens (tertiary/aromatic N) is 2. The first-order valence-electron chi connectivity index (χ1n) is 8.82. The molecule has 0 fully saturated rings. The monoisotopic (exact) mass is 361 g/mol. The van der Waals surface area contributed by atoms with Crippen molar-refractivity contribution in [1.29, 1.82) is 0 Å². The largest absolute Gasteiger partial charge is 0.473 e. The fourth-order valence-corrected chi connectivity index (χ4v) is 2.33. The Morgan fingerprint density at radius 3 is 2.77 bits per heavy atom. The molecule has 26 heavy (non-hydrogen) atoms. The maximum Gasteiger partial charge on any atom is 0.253 e. The van der Waals surface area contributed by atoms with Crippen LogP contribution in [-0.2, 0) is 13.0 Å². The molecule has 2 N–H and O–H groups in total. The van der Waals surface area contributed by atoms with Crippen molar-refractivity contribution in [3.63, 3.8) is 0 Å². The maximum absolute atomic E-state index is 12.1. The average molecular weight is 361 g/mol. The van der Waals surface area contributed by atoms with E-state index in [1.807, 2.05) is 6.92 Å². The number of aliphatic hydroxyl groups is 1. The van der Waals surface area contributed by atoms with Gasteiger partial charge in [-0.2, -0.15) is 0 Å². The van der Waals surface area contributed by atoms with Gasteiger partial charge in [0.2, 0.25) is 5.88 Å². The van der Waals surface area contributed by atoms with Crippen LogP contribution in [0.5, 0.6) is 5.88 Å². The zero-order valence-corrected chi connectivity index (χ0v) is 15.8. The molecule has 0 atom stereocenters. The highest BCUT2D eigenvalue weighted by Gasteiger charge is 2.20. The molecule has 1 amide bonds. The molecule has 0 bridgehead atoms. The molecule has 7 nitrogen and oxygen atoms in total. The van der Waals surface area contributed by atoms with Crippen LogP contribution in [0.3, 0.4) is 0 Å². The number of amides is 1. The highest BCUT2D eigenvalue weighted by molar-refractivity contribution is 5.94. The third-order valence-electron chi connectivity index (χ3n) is 4.04. The number of pyridine rings is 1. The van der Waals surface area contributed by atoms with Gasteiger partial charge in [0.15, 0.2) is 0 Å². The first-order chi connectivity index (χ1) is 12.4. The molecular formula is C19H27N3O4. The van der Waals surface area contributed by atoms with Crippen molar-refractivity contribution >= 4 is 5.91 Å². The topological polar surface area (TPSA) is 97.5 Å². The van der Waals surface area contributed by atoms with E-state index in [1.54, 1.807) is 26.0 Å². The molecule has 142 valence electrons. The van der Waals surface area contributed by atoms with Gasteiger partial charge in [-0.15, -0.1) is 0 Å². The quantitative estimate of drug-likeness (QED) is 0.713. The molecule has 0 saturated carbocycles. The minimum absolute atomic E-state index is 0.147. The van der Waals surface area contributed by atoms with Crippen LogP contribution in [0.15, 0.2) is 22.9 Å². The SMILES string of the molecule is CCCCc1noc(C)c1COc1ccc(C(=O)NC(C)(C)CO)cn1. The molecule has 2 aromatic heterocycles. The van der Waals surface area contributed by atoms with E-state index < -0.39 is 5.54 Å². The number of hydrogen-bond acceptors (Lipinski definition) is 6. The van der Waals surface area contributed by atoms with Crippen molar-refractivity contribution in [3.8, 4) is 5.88 Å². The Morgan fingerprint density at radius 2 is 2.15 bits per heavy atom. The number of carbonyl (C=O) groups is 1. The number of ether oxygens (including phenoxy) is 1. The predicted molar refractivity (Wildman–Crippen MR) is 97.1 cm³/mol. The summed E-state index contributed by atoms with van der Waals surface area (Å²) in [6, 6.07) is 3.29. The van der Waals surface area contributed by atoms with Crippen LogP contribution in [0.4, 0.5) is 0 Å². The summed E-state index contributed by atoms with van der Waals surface area (Å²) in [7, 11) is 0. The summed E-state index contributed by atoms with van der Waals surface area (Å²) in [5.41, 5.74) is 1.59. The third kappa shape index (κ3) is 5.29. The smallest absolute Gasteiger partial charge is 0.253 e. The van der Waals surface area contributed by atoms with Crippen LogP contribution in [0.25, 0.3) is 0 Å². The number of aromatic nitrogens is 2. The summed E-state index contributed by atoms with van der Waals surface area (Å²) in [6.07, 6.45) is 4.45. The van der Waals surface area contributed by atoms with Crippen molar-refractivity contribution in [3.05, 3.63) is 40.9 Å². The summed E-state index contributed by atoms with van der Waals surface area (Å²) in [5, 5.41) is 16.1.